The van der Waals surface area contributed by atoms with Crippen molar-refractivity contribution in [3.63, 3.8) is 0 Å². The van der Waals surface area contributed by atoms with Crippen molar-refractivity contribution < 1.29 is 4.79 Å². The summed E-state index contributed by atoms with van der Waals surface area (Å²) in [5.41, 5.74) is 1.71. The molecule has 1 amide bonds. The second-order valence-corrected chi connectivity index (χ2v) is 8.02. The molecule has 2 aromatic carbocycles. The molecule has 1 atom stereocenters. The second kappa shape index (κ2) is 9.45. The Kier molecular flexibility index (Phi) is 6.99. The Morgan fingerprint density at radius 2 is 1.68 bits per heavy atom. The van der Waals surface area contributed by atoms with Gasteiger partial charge < -0.3 is 9.88 Å². The Labute approximate surface area is 178 Å². The third-order valence-corrected chi connectivity index (χ3v) is 5.73. The van der Waals surface area contributed by atoms with Gasteiger partial charge in [0, 0.05) is 27.9 Å². The highest BCUT2D eigenvalue weighted by Gasteiger charge is 2.19. The van der Waals surface area contributed by atoms with E-state index < -0.39 is 0 Å². The molecule has 1 aromatic heterocycles. The zero-order chi connectivity index (χ0) is 20.1. The molecule has 0 aliphatic rings. The first-order valence-electron chi connectivity index (χ1n) is 8.84. The van der Waals surface area contributed by atoms with Gasteiger partial charge in [-0.25, -0.2) is 0 Å². The van der Waals surface area contributed by atoms with Crippen LogP contribution < -0.4 is 5.32 Å². The number of nitrogens with one attached hydrogen (secondary N) is 1. The van der Waals surface area contributed by atoms with Crippen LogP contribution in [0.5, 0.6) is 0 Å². The Morgan fingerprint density at radius 3 is 2.29 bits per heavy atom. The molecule has 0 saturated heterocycles. The van der Waals surface area contributed by atoms with Crippen LogP contribution in [0.3, 0.4) is 0 Å². The third kappa shape index (κ3) is 5.07. The molecule has 3 aromatic rings. The molecule has 28 heavy (non-hydrogen) atoms. The van der Waals surface area contributed by atoms with Crippen molar-refractivity contribution in [1.82, 2.24) is 20.1 Å². The van der Waals surface area contributed by atoms with Gasteiger partial charge in [-0.05, 0) is 55.8 Å². The van der Waals surface area contributed by atoms with Crippen LogP contribution in [0.2, 0.25) is 10.0 Å². The molecule has 0 saturated carbocycles. The molecule has 0 aliphatic heterocycles. The summed E-state index contributed by atoms with van der Waals surface area (Å²) in [5, 5.41) is 13.7. The quantitative estimate of drug-likeness (QED) is 0.506. The highest BCUT2D eigenvalue weighted by Crippen LogP contribution is 2.25. The van der Waals surface area contributed by atoms with Crippen molar-refractivity contribution in [3.8, 4) is 0 Å². The Bertz CT molecular complexity index is 942. The molecule has 1 heterocycles. The lowest BCUT2D eigenvalue weighted by Gasteiger charge is -2.15. The molecule has 3 rings (SSSR count). The highest BCUT2D eigenvalue weighted by molar-refractivity contribution is 7.98. The monoisotopic (exact) mass is 434 g/mol. The fourth-order valence-electron chi connectivity index (χ4n) is 2.70. The van der Waals surface area contributed by atoms with Gasteiger partial charge in [0.2, 0.25) is 0 Å². The number of hydrogen-bond donors (Lipinski definition) is 1. The molecule has 146 valence electrons. The number of hydrogen-bond acceptors (Lipinski definition) is 4. The maximum Gasteiger partial charge on any atom is 0.251 e. The van der Waals surface area contributed by atoms with Crippen molar-refractivity contribution in [3.05, 3.63) is 75.5 Å². The lowest BCUT2D eigenvalue weighted by atomic mass is 10.2. The average Bonchev–Trinajstić information content (AvgIpc) is 3.11. The Hall–Kier alpha value is -2.02. The maximum absolute atomic E-state index is 12.5. The molecular weight excluding hydrogens is 415 g/mol. The van der Waals surface area contributed by atoms with Crippen molar-refractivity contribution in [2.75, 3.05) is 0 Å². The van der Waals surface area contributed by atoms with E-state index in [9.17, 15) is 4.79 Å². The average molecular weight is 435 g/mol. The fraction of sp³-hybridized carbons (Fsp3) is 0.250. The highest BCUT2D eigenvalue weighted by atomic mass is 35.5. The second-order valence-electron chi connectivity index (χ2n) is 6.20. The number of rotatable bonds is 7. The molecule has 0 spiro atoms. The topological polar surface area (TPSA) is 59.8 Å². The van der Waals surface area contributed by atoms with Crippen LogP contribution in [0.15, 0.2) is 53.7 Å². The van der Waals surface area contributed by atoms with Crippen LogP contribution in [0.1, 0.15) is 41.6 Å². The minimum Gasteiger partial charge on any atom is -0.342 e. The molecular formula is C20H20Cl2N4OS. The zero-order valence-corrected chi connectivity index (χ0v) is 17.9. The molecule has 0 radical (unpaired) electrons. The lowest BCUT2D eigenvalue weighted by Crippen LogP contribution is -2.28. The summed E-state index contributed by atoms with van der Waals surface area (Å²) >= 11 is 13.4. The largest absolute Gasteiger partial charge is 0.342 e. The van der Waals surface area contributed by atoms with E-state index in [-0.39, 0.29) is 11.9 Å². The number of nitrogens with zero attached hydrogens (tertiary/aromatic N) is 3. The number of amides is 1. The van der Waals surface area contributed by atoms with Gasteiger partial charge in [0.05, 0.1) is 6.04 Å². The predicted molar refractivity (Wildman–Crippen MR) is 114 cm³/mol. The van der Waals surface area contributed by atoms with Gasteiger partial charge in [-0.1, -0.05) is 47.1 Å². The minimum absolute atomic E-state index is 0.176. The van der Waals surface area contributed by atoms with E-state index in [1.165, 1.54) is 0 Å². The van der Waals surface area contributed by atoms with E-state index in [2.05, 4.69) is 15.5 Å². The van der Waals surface area contributed by atoms with Crippen molar-refractivity contribution >= 4 is 40.9 Å². The first kappa shape index (κ1) is 20.7. The summed E-state index contributed by atoms with van der Waals surface area (Å²) in [5.74, 6) is 1.31. The van der Waals surface area contributed by atoms with Gasteiger partial charge >= 0.3 is 0 Å². The number of halogens is 2. The molecule has 8 heteroatoms. The molecule has 0 bridgehead atoms. The molecule has 5 nitrogen and oxygen atoms in total. The van der Waals surface area contributed by atoms with Gasteiger partial charge in [-0.2, -0.15) is 0 Å². The summed E-state index contributed by atoms with van der Waals surface area (Å²) in [6.07, 6.45) is 0. The summed E-state index contributed by atoms with van der Waals surface area (Å²) in [4.78, 5) is 12.5. The van der Waals surface area contributed by atoms with E-state index in [0.29, 0.717) is 17.1 Å². The number of carbonyl (C=O) groups is 1. The van der Waals surface area contributed by atoms with Crippen LogP contribution in [0, 0.1) is 0 Å². The number of carbonyl (C=O) groups excluding carboxylic acids is 1. The van der Waals surface area contributed by atoms with Crippen molar-refractivity contribution in [2.45, 2.75) is 37.3 Å². The van der Waals surface area contributed by atoms with Crippen LogP contribution >= 0.6 is 35.0 Å². The number of aromatic nitrogens is 3. The first-order chi connectivity index (χ1) is 13.5. The van der Waals surface area contributed by atoms with E-state index in [4.69, 9.17) is 23.2 Å². The fourth-order valence-corrected chi connectivity index (χ4v) is 3.92. The van der Waals surface area contributed by atoms with Gasteiger partial charge in [0.15, 0.2) is 11.0 Å². The number of benzene rings is 2. The molecule has 0 unspecified atom stereocenters. The standard InChI is InChI=1S/C20H20Cl2N4OS/c1-3-26-18(13(2)23-19(27)15-6-10-17(22)11-7-15)24-25-20(26)28-12-14-4-8-16(21)9-5-14/h4-11,13H,3,12H2,1-2H3,(H,23,27)/t13-/m1/s1. The van der Waals surface area contributed by atoms with Crippen LogP contribution in [0.4, 0.5) is 0 Å². The summed E-state index contributed by atoms with van der Waals surface area (Å²) in [7, 11) is 0. The van der Waals surface area contributed by atoms with E-state index in [1.54, 1.807) is 36.0 Å². The molecule has 0 fully saturated rings. The van der Waals surface area contributed by atoms with E-state index in [0.717, 1.165) is 27.3 Å². The Balaban J connectivity index is 1.68. The van der Waals surface area contributed by atoms with Crippen LogP contribution in [0.25, 0.3) is 0 Å². The number of thioether (sulfide) groups is 1. The summed E-state index contributed by atoms with van der Waals surface area (Å²) in [6.45, 7) is 4.65. The van der Waals surface area contributed by atoms with Gasteiger partial charge in [0.1, 0.15) is 0 Å². The SMILES string of the molecule is CCn1c(SCc2ccc(Cl)cc2)nnc1[C@@H](C)NC(=O)c1ccc(Cl)cc1. The minimum atomic E-state index is -0.277. The third-order valence-electron chi connectivity index (χ3n) is 4.18. The van der Waals surface area contributed by atoms with Gasteiger partial charge in [-0.15, -0.1) is 10.2 Å². The molecule has 1 N–H and O–H groups in total. The van der Waals surface area contributed by atoms with Crippen LogP contribution in [-0.2, 0) is 12.3 Å². The predicted octanol–water partition coefficient (Wildman–Crippen LogP) is 5.39. The summed E-state index contributed by atoms with van der Waals surface area (Å²) in [6, 6.07) is 14.3. The van der Waals surface area contributed by atoms with Gasteiger partial charge in [-0.3, -0.25) is 4.79 Å². The van der Waals surface area contributed by atoms with Crippen molar-refractivity contribution in [1.29, 1.82) is 0 Å². The van der Waals surface area contributed by atoms with E-state index >= 15 is 0 Å². The van der Waals surface area contributed by atoms with Crippen LogP contribution in [-0.4, -0.2) is 20.7 Å². The Morgan fingerprint density at radius 1 is 1.07 bits per heavy atom. The lowest BCUT2D eigenvalue weighted by molar-refractivity contribution is 0.0937. The smallest absolute Gasteiger partial charge is 0.251 e. The first-order valence-corrected chi connectivity index (χ1v) is 10.6. The zero-order valence-electron chi connectivity index (χ0n) is 15.5. The maximum atomic E-state index is 12.5. The normalized spacial score (nSPS) is 12.0. The van der Waals surface area contributed by atoms with Crippen molar-refractivity contribution in [2.24, 2.45) is 0 Å². The summed E-state index contributed by atoms with van der Waals surface area (Å²) < 4.78 is 2.02. The molecule has 0 aliphatic carbocycles. The van der Waals surface area contributed by atoms with Gasteiger partial charge in [0.25, 0.3) is 5.91 Å². The van der Waals surface area contributed by atoms with E-state index in [1.807, 2.05) is 42.7 Å².